The summed E-state index contributed by atoms with van der Waals surface area (Å²) in [5.41, 5.74) is 1.84. The monoisotopic (exact) mass is 264 g/mol. The highest BCUT2D eigenvalue weighted by Crippen LogP contribution is 2.10. The van der Waals surface area contributed by atoms with Crippen molar-refractivity contribution in [2.24, 2.45) is 4.99 Å². The summed E-state index contributed by atoms with van der Waals surface area (Å²) in [7, 11) is 0. The highest BCUT2D eigenvalue weighted by Gasteiger charge is 2.01. The third-order valence-corrected chi connectivity index (χ3v) is 2.52. The minimum absolute atomic E-state index is 0.0673. The number of aliphatic imine (C=N–C) groups is 1. The van der Waals surface area contributed by atoms with E-state index >= 15 is 0 Å². The van der Waals surface area contributed by atoms with Gasteiger partial charge in [-0.05, 0) is 17.7 Å². The Hall–Kier alpha value is -2.93. The van der Waals surface area contributed by atoms with Crippen molar-refractivity contribution in [2.75, 3.05) is 6.54 Å². The van der Waals surface area contributed by atoms with Gasteiger partial charge in [0.05, 0.1) is 4.92 Å². The molecule has 0 bridgehead atoms. The van der Waals surface area contributed by atoms with E-state index in [2.05, 4.69) is 16.8 Å². The minimum atomic E-state index is -0.429. The summed E-state index contributed by atoms with van der Waals surface area (Å²) in [6.07, 6.45) is 1.77. The van der Waals surface area contributed by atoms with Crippen LogP contribution in [0.5, 0.6) is 0 Å². The van der Waals surface area contributed by atoms with Crippen LogP contribution < -0.4 is 0 Å². The van der Waals surface area contributed by atoms with Crippen LogP contribution in [0.25, 0.3) is 0 Å². The minimum Gasteiger partial charge on any atom is -0.280 e. The summed E-state index contributed by atoms with van der Waals surface area (Å²) in [6, 6.07) is 15.9. The predicted molar refractivity (Wildman–Crippen MR) is 78.9 cm³/mol. The molecule has 0 aromatic heterocycles. The van der Waals surface area contributed by atoms with Crippen molar-refractivity contribution in [1.82, 2.24) is 0 Å². The van der Waals surface area contributed by atoms with Gasteiger partial charge in [0.25, 0.3) is 5.69 Å². The normalized spacial score (nSPS) is 10.0. The smallest absolute Gasteiger partial charge is 0.269 e. The highest BCUT2D eigenvalue weighted by molar-refractivity contribution is 5.79. The molecule has 0 aliphatic heterocycles. The number of rotatable bonds is 3. The lowest BCUT2D eigenvalue weighted by atomic mass is 10.2. The predicted octanol–water partition coefficient (Wildman–Crippen LogP) is 3.07. The fourth-order valence-corrected chi connectivity index (χ4v) is 1.54. The first-order valence-electron chi connectivity index (χ1n) is 6.04. The third kappa shape index (κ3) is 4.07. The van der Waals surface area contributed by atoms with E-state index in [1.807, 2.05) is 30.3 Å². The third-order valence-electron chi connectivity index (χ3n) is 2.52. The van der Waals surface area contributed by atoms with Gasteiger partial charge in [0.15, 0.2) is 0 Å². The second-order valence-corrected chi connectivity index (χ2v) is 3.99. The van der Waals surface area contributed by atoms with E-state index in [9.17, 15) is 10.1 Å². The molecule has 2 rings (SSSR count). The molecule has 0 radical (unpaired) electrons. The Bertz CT molecular complexity index is 665. The lowest BCUT2D eigenvalue weighted by Crippen LogP contribution is -1.87. The Labute approximate surface area is 116 Å². The van der Waals surface area contributed by atoms with E-state index in [0.29, 0.717) is 6.54 Å². The molecule has 0 saturated carbocycles. The fourth-order valence-electron chi connectivity index (χ4n) is 1.54. The molecule has 0 aliphatic rings. The van der Waals surface area contributed by atoms with Gasteiger partial charge < -0.3 is 0 Å². The Morgan fingerprint density at radius 3 is 2.45 bits per heavy atom. The molecular weight excluding hydrogens is 252 g/mol. The molecule has 0 unspecified atom stereocenters. The number of hydrogen-bond acceptors (Lipinski definition) is 3. The molecule has 2 aromatic rings. The first-order valence-corrected chi connectivity index (χ1v) is 6.04. The van der Waals surface area contributed by atoms with Gasteiger partial charge in [-0.15, -0.1) is 0 Å². The topological polar surface area (TPSA) is 55.5 Å². The van der Waals surface area contributed by atoms with Crippen LogP contribution in [-0.4, -0.2) is 17.7 Å². The number of hydrogen-bond donors (Lipinski definition) is 0. The zero-order valence-corrected chi connectivity index (χ0v) is 10.7. The van der Waals surface area contributed by atoms with Crippen LogP contribution in [0.15, 0.2) is 59.6 Å². The van der Waals surface area contributed by atoms with Gasteiger partial charge in [-0.25, -0.2) is 0 Å². The second-order valence-electron chi connectivity index (χ2n) is 3.99. The van der Waals surface area contributed by atoms with E-state index in [-0.39, 0.29) is 5.69 Å². The lowest BCUT2D eigenvalue weighted by Gasteiger charge is -1.91. The van der Waals surface area contributed by atoms with Gasteiger partial charge >= 0.3 is 0 Å². The van der Waals surface area contributed by atoms with Crippen LogP contribution in [0.2, 0.25) is 0 Å². The molecule has 4 heteroatoms. The zero-order chi connectivity index (χ0) is 14.2. The molecule has 0 amide bonds. The van der Waals surface area contributed by atoms with Crippen molar-refractivity contribution in [2.45, 2.75) is 0 Å². The number of benzene rings is 2. The largest absolute Gasteiger partial charge is 0.280 e. The Balaban J connectivity index is 1.91. The number of non-ortho nitro benzene ring substituents is 1. The molecule has 20 heavy (non-hydrogen) atoms. The summed E-state index contributed by atoms with van der Waals surface area (Å²) < 4.78 is 0. The maximum atomic E-state index is 10.5. The lowest BCUT2D eigenvalue weighted by molar-refractivity contribution is -0.384. The number of nitro groups is 1. The van der Waals surface area contributed by atoms with Gasteiger partial charge in [0.2, 0.25) is 0 Å². The maximum Gasteiger partial charge on any atom is 0.269 e. The molecule has 0 heterocycles. The molecule has 0 fully saturated rings. The molecule has 0 spiro atoms. The molecule has 0 atom stereocenters. The Morgan fingerprint density at radius 2 is 1.80 bits per heavy atom. The van der Waals surface area contributed by atoms with Crippen LogP contribution in [0.3, 0.4) is 0 Å². The van der Waals surface area contributed by atoms with Crippen LogP contribution in [-0.2, 0) is 0 Å². The van der Waals surface area contributed by atoms with E-state index in [4.69, 9.17) is 0 Å². The molecule has 4 nitrogen and oxygen atoms in total. The quantitative estimate of drug-likeness (QED) is 0.370. The van der Waals surface area contributed by atoms with Crippen molar-refractivity contribution in [3.63, 3.8) is 0 Å². The molecule has 0 N–H and O–H groups in total. The van der Waals surface area contributed by atoms with Crippen molar-refractivity contribution in [3.05, 3.63) is 75.8 Å². The number of nitrogens with zero attached hydrogens (tertiary/aromatic N) is 2. The van der Waals surface area contributed by atoms with Crippen LogP contribution in [0.1, 0.15) is 11.1 Å². The van der Waals surface area contributed by atoms with Gasteiger partial charge in [0.1, 0.15) is 6.54 Å². The van der Waals surface area contributed by atoms with Crippen molar-refractivity contribution >= 4 is 11.9 Å². The first kappa shape index (κ1) is 13.5. The standard InChI is InChI=1S/C16H12N2O2/c19-18(20)16-10-8-14(9-11-16)7-4-12-17-13-15-5-2-1-3-6-15/h1-3,5-6,8-11,13H,12H2. The summed E-state index contributed by atoms with van der Waals surface area (Å²) in [6.45, 7) is 0.395. The summed E-state index contributed by atoms with van der Waals surface area (Å²) in [5, 5.41) is 10.5. The van der Waals surface area contributed by atoms with Crippen LogP contribution in [0, 0.1) is 22.0 Å². The molecular formula is C16H12N2O2. The maximum absolute atomic E-state index is 10.5. The Morgan fingerprint density at radius 1 is 1.10 bits per heavy atom. The fraction of sp³-hybridized carbons (Fsp3) is 0.0625. The SMILES string of the molecule is O=[N+]([O-])c1ccc(C#CCN=Cc2ccccc2)cc1. The average molecular weight is 264 g/mol. The molecule has 2 aromatic carbocycles. The zero-order valence-electron chi connectivity index (χ0n) is 10.7. The summed E-state index contributed by atoms with van der Waals surface area (Å²) >= 11 is 0. The van der Waals surface area contributed by atoms with E-state index in [0.717, 1.165) is 11.1 Å². The van der Waals surface area contributed by atoms with Crippen LogP contribution >= 0.6 is 0 Å². The molecule has 0 aliphatic carbocycles. The van der Waals surface area contributed by atoms with Crippen LogP contribution in [0.4, 0.5) is 5.69 Å². The van der Waals surface area contributed by atoms with Crippen molar-refractivity contribution in [3.8, 4) is 11.8 Å². The first-order chi connectivity index (χ1) is 9.75. The van der Waals surface area contributed by atoms with Gasteiger partial charge in [-0.1, -0.05) is 42.2 Å². The van der Waals surface area contributed by atoms with Gasteiger partial charge in [0, 0.05) is 23.9 Å². The second kappa shape index (κ2) is 6.86. The summed E-state index contributed by atoms with van der Waals surface area (Å²) in [4.78, 5) is 14.3. The van der Waals surface area contributed by atoms with E-state index in [1.54, 1.807) is 18.3 Å². The van der Waals surface area contributed by atoms with E-state index in [1.165, 1.54) is 12.1 Å². The van der Waals surface area contributed by atoms with Gasteiger partial charge in [-0.2, -0.15) is 0 Å². The average Bonchev–Trinajstić information content (AvgIpc) is 2.48. The highest BCUT2D eigenvalue weighted by atomic mass is 16.6. The molecule has 0 saturated heterocycles. The van der Waals surface area contributed by atoms with Gasteiger partial charge in [-0.3, -0.25) is 15.1 Å². The van der Waals surface area contributed by atoms with E-state index < -0.39 is 4.92 Å². The molecule has 98 valence electrons. The van der Waals surface area contributed by atoms with Crippen molar-refractivity contribution < 1.29 is 4.92 Å². The van der Waals surface area contributed by atoms with Crippen molar-refractivity contribution in [1.29, 1.82) is 0 Å². The summed E-state index contributed by atoms with van der Waals surface area (Å²) in [5.74, 6) is 5.81. The Kier molecular flexibility index (Phi) is 4.63. The number of nitro benzene ring substituents is 1.